The fraction of sp³-hybridized carbons (Fsp3) is 0.0714. The zero-order valence-corrected chi connectivity index (χ0v) is 29.3. The van der Waals surface area contributed by atoms with E-state index in [1.54, 1.807) is 55.5 Å². The standard InChI is InChI=1S/C13H8N2O3.C13H10N2O2.C2H6O.2ClH.Sn.Y/c14-11-5-1-9(2-6-11)13(16)10-3-7-12(8-4-10)15(17)18;14-7-1-3-9-11(5-7)17-12-6-8(15)2-4-10(12)13(9)16;1-2-3;;;;/h1,3,5-8H,14H2;1-6H,14-15H2;3H,2H2,1H3;2*1H;;/q-2;;;;;+2;/p-2. The number of non-ortho nitro benzene ring substituents is 1. The Morgan fingerprint density at radius 2 is 1.33 bits per heavy atom. The van der Waals surface area contributed by atoms with Crippen LogP contribution in [0.5, 0.6) is 0 Å². The number of anilines is 3. The number of hydrogen-bond donors (Lipinski definition) is 4. The summed E-state index contributed by atoms with van der Waals surface area (Å²) in [7, 11) is 9.87. The van der Waals surface area contributed by atoms with E-state index in [1.807, 2.05) is 0 Å². The molecule has 0 aliphatic rings. The summed E-state index contributed by atoms with van der Waals surface area (Å²) in [5.74, 6) is -0.301. The van der Waals surface area contributed by atoms with Crippen LogP contribution in [0.2, 0.25) is 0 Å². The van der Waals surface area contributed by atoms with E-state index in [1.165, 1.54) is 24.3 Å². The van der Waals surface area contributed by atoms with Gasteiger partial charge < -0.3 is 31.5 Å². The number of aliphatic hydroxyl groups excluding tert-OH is 1. The van der Waals surface area contributed by atoms with Gasteiger partial charge >= 0.3 is 36.7 Å². The van der Waals surface area contributed by atoms with Gasteiger partial charge in [0.2, 0.25) is 5.43 Å². The first-order valence-electron chi connectivity index (χ1n) is 11.6. The van der Waals surface area contributed by atoms with Crippen LogP contribution < -0.4 is 22.6 Å². The van der Waals surface area contributed by atoms with Crippen LogP contribution in [0.25, 0.3) is 21.9 Å². The van der Waals surface area contributed by atoms with Crippen LogP contribution in [0.4, 0.5) is 22.7 Å². The summed E-state index contributed by atoms with van der Waals surface area (Å²) in [6.07, 6.45) is 0. The number of benzene rings is 4. The Kier molecular flexibility index (Phi) is 16.6. The number of aliphatic hydroxyl groups is 1. The second kappa shape index (κ2) is 18.7. The molecule has 4 aromatic carbocycles. The van der Waals surface area contributed by atoms with Crippen molar-refractivity contribution < 1.29 is 52.0 Å². The Morgan fingerprint density at radius 3 is 1.71 bits per heavy atom. The molecule has 215 valence electrons. The van der Waals surface area contributed by atoms with Crippen molar-refractivity contribution in [2.45, 2.75) is 6.92 Å². The Balaban J connectivity index is 0.000000347. The predicted octanol–water partition coefficient (Wildman–Crippen LogP) is 5.11. The number of nitro groups is 1. The van der Waals surface area contributed by atoms with Gasteiger partial charge in [0.25, 0.3) is 0 Å². The van der Waals surface area contributed by atoms with Crippen molar-refractivity contribution >= 4 is 87.2 Å². The number of rotatable bonds is 3. The van der Waals surface area contributed by atoms with E-state index in [2.05, 4.69) is 12.1 Å². The van der Waals surface area contributed by atoms with Crippen molar-refractivity contribution in [3.63, 3.8) is 0 Å². The normalized spacial score (nSPS) is 9.62. The van der Waals surface area contributed by atoms with Crippen molar-refractivity contribution in [3.05, 3.63) is 116 Å². The third kappa shape index (κ3) is 10.8. The van der Waals surface area contributed by atoms with Gasteiger partial charge in [-0.3, -0.25) is 14.9 Å². The van der Waals surface area contributed by atoms with E-state index in [0.29, 0.717) is 44.6 Å². The molecule has 5 aromatic rings. The summed E-state index contributed by atoms with van der Waals surface area (Å²) in [4.78, 5) is 34.1. The minimum atomic E-state index is -0.826. The number of nitrogens with zero attached hydrogens (tertiary/aromatic N) is 1. The molecule has 5 rings (SSSR count). The van der Waals surface area contributed by atoms with Gasteiger partial charge in [0.05, 0.1) is 16.6 Å². The third-order valence-corrected chi connectivity index (χ3v) is 5.05. The van der Waals surface area contributed by atoms with Gasteiger partial charge in [-0.1, -0.05) is 17.8 Å². The molecule has 1 heterocycles. The molecule has 10 nitrogen and oxygen atoms in total. The third-order valence-electron chi connectivity index (χ3n) is 5.05. The summed E-state index contributed by atoms with van der Waals surface area (Å²) >= 11 is -0.826. The first-order chi connectivity index (χ1) is 19.6. The number of halogens is 2. The molecule has 1 aromatic heterocycles. The molecule has 0 bridgehead atoms. The Morgan fingerprint density at radius 1 is 0.905 bits per heavy atom. The minimum absolute atomic E-state index is 0. The second-order valence-electron chi connectivity index (χ2n) is 7.91. The molecule has 0 saturated heterocycles. The summed E-state index contributed by atoms with van der Waals surface area (Å²) < 4.78 is 5.63. The molecule has 0 atom stereocenters. The van der Waals surface area contributed by atoms with Crippen LogP contribution in [0.3, 0.4) is 0 Å². The number of carbonyl (C=O) groups is 1. The first-order valence-corrected chi connectivity index (χ1v) is 18.9. The zero-order valence-electron chi connectivity index (χ0n) is 22.1. The smallest absolute Gasteiger partial charge is 0 e. The summed E-state index contributed by atoms with van der Waals surface area (Å²) in [6.45, 7) is 1.93. The molecule has 0 aliphatic heterocycles. The fourth-order valence-corrected chi connectivity index (χ4v) is 3.28. The van der Waals surface area contributed by atoms with Crippen LogP contribution in [-0.4, -0.2) is 41.3 Å². The van der Waals surface area contributed by atoms with Crippen molar-refractivity contribution in [2.24, 2.45) is 0 Å². The van der Waals surface area contributed by atoms with E-state index in [4.69, 9.17) is 44.6 Å². The number of fused-ring (bicyclic) bond motifs is 2. The maximum absolute atomic E-state index is 12.2. The number of nitro benzene ring substituents is 1. The molecule has 0 amide bonds. The monoisotopic (exact) mass is 791 g/mol. The van der Waals surface area contributed by atoms with Gasteiger partial charge in [-0.2, -0.15) is 0 Å². The fourth-order valence-electron chi connectivity index (χ4n) is 3.28. The van der Waals surface area contributed by atoms with Gasteiger partial charge in [-0.05, 0) is 31.2 Å². The number of nitrogens with two attached hydrogens (primary N) is 3. The number of ketones is 1. The number of hydrogen-bond acceptors (Lipinski definition) is 9. The quantitative estimate of drug-likeness (QED) is 0.0366. The van der Waals surface area contributed by atoms with Crippen LogP contribution in [-0.2, 0) is 32.7 Å². The average Bonchev–Trinajstić information content (AvgIpc) is 2.94. The van der Waals surface area contributed by atoms with Gasteiger partial charge in [0.15, 0.2) is 5.69 Å². The molecule has 0 aliphatic carbocycles. The van der Waals surface area contributed by atoms with Gasteiger partial charge in [0, 0.05) is 67.7 Å². The Bertz CT molecular complexity index is 1620. The van der Waals surface area contributed by atoms with Crippen LogP contribution in [0.1, 0.15) is 22.8 Å². The van der Waals surface area contributed by atoms with Gasteiger partial charge in [0.1, 0.15) is 11.2 Å². The molecule has 14 heteroatoms. The Hall–Kier alpha value is -2.74. The Labute approximate surface area is 283 Å². The van der Waals surface area contributed by atoms with Crippen molar-refractivity contribution in [1.29, 1.82) is 0 Å². The molecule has 7 N–H and O–H groups in total. The molecule has 0 spiro atoms. The average molecular weight is 791 g/mol. The minimum Gasteiger partial charge on any atom is 0 e. The number of nitrogen functional groups attached to an aromatic ring is 3. The second-order valence-corrected chi connectivity index (χ2v) is 12.2. The largest absolute Gasteiger partial charge is 0 e. The van der Waals surface area contributed by atoms with E-state index in [-0.39, 0.29) is 61.8 Å². The van der Waals surface area contributed by atoms with E-state index in [0.717, 1.165) is 0 Å². The van der Waals surface area contributed by atoms with Crippen LogP contribution in [0, 0.1) is 22.2 Å². The van der Waals surface area contributed by atoms with E-state index >= 15 is 0 Å². The number of carbonyl (C=O) groups excluding carboxylic acids is 1. The SMILES string of the molecule is CCO.Nc1c[c-]c(C(=O)c2[c-]cc([N+](=O)[O-])cc2)cc1.Nc1ccc2c(=O)c3ccc(N)cc3oc2c1.[Cl][Sn][Cl].[Y]. The van der Waals surface area contributed by atoms with Crippen LogP contribution in [0.15, 0.2) is 82.0 Å². The zero-order chi connectivity index (χ0) is 30.5. The molecule has 0 unspecified atom stereocenters. The van der Waals surface area contributed by atoms with E-state index in [9.17, 15) is 19.7 Å². The van der Waals surface area contributed by atoms with Crippen molar-refractivity contribution in [3.8, 4) is 0 Å². The van der Waals surface area contributed by atoms with Crippen molar-refractivity contribution in [2.75, 3.05) is 23.8 Å². The predicted molar refractivity (Wildman–Crippen MR) is 164 cm³/mol. The van der Waals surface area contributed by atoms with Gasteiger partial charge in [-0.25, -0.2) is 0 Å². The topological polar surface area (TPSA) is 189 Å². The van der Waals surface area contributed by atoms with E-state index < -0.39 is 23.8 Å². The molecule has 0 saturated carbocycles. The maximum Gasteiger partial charge on any atom is 0 e. The summed E-state index contributed by atoms with van der Waals surface area (Å²) in [5.41, 5.74) is 19.8. The summed E-state index contributed by atoms with van der Waals surface area (Å²) in [5, 5.41) is 19.1. The molecule has 0 fully saturated rings. The maximum atomic E-state index is 12.2. The molecular weight excluding hydrogens is 767 g/mol. The molecule has 42 heavy (non-hydrogen) atoms. The summed E-state index contributed by atoms with van der Waals surface area (Å²) in [6, 6.07) is 23.8. The molecular formula is C28H24Cl2N4O6SnY-2. The first kappa shape index (κ1) is 37.3. The van der Waals surface area contributed by atoms with Crippen molar-refractivity contribution in [1.82, 2.24) is 0 Å². The van der Waals surface area contributed by atoms with Gasteiger partial charge in [-0.15, -0.1) is 47.5 Å². The van der Waals surface area contributed by atoms with Crippen LogP contribution >= 0.6 is 17.8 Å². The molecule has 3 radical (unpaired) electrons.